The zero-order chi connectivity index (χ0) is 13.5. The molecule has 0 radical (unpaired) electrons. The molecule has 2 aromatic rings. The summed E-state index contributed by atoms with van der Waals surface area (Å²) in [5.41, 5.74) is 1.31. The van der Waals surface area contributed by atoms with Gasteiger partial charge in [0.2, 0.25) is 0 Å². The molecule has 0 saturated heterocycles. The molecular formula is C16H21ClN2O. The largest absolute Gasteiger partial charge is 0.490 e. The lowest BCUT2D eigenvalue weighted by Gasteiger charge is -2.08. The first-order valence-electron chi connectivity index (χ1n) is 6.59. The van der Waals surface area contributed by atoms with Crippen molar-refractivity contribution >= 4 is 12.4 Å². The van der Waals surface area contributed by atoms with Crippen molar-refractivity contribution < 1.29 is 4.74 Å². The summed E-state index contributed by atoms with van der Waals surface area (Å²) < 4.78 is 7.71. The van der Waals surface area contributed by atoms with E-state index in [1.807, 2.05) is 29.0 Å². The number of allylic oxidation sites excluding steroid dienone is 1. The van der Waals surface area contributed by atoms with E-state index in [1.54, 1.807) is 12.5 Å². The van der Waals surface area contributed by atoms with Crippen LogP contribution in [0.4, 0.5) is 0 Å². The van der Waals surface area contributed by atoms with Gasteiger partial charge in [0.1, 0.15) is 12.4 Å². The molecule has 0 aliphatic heterocycles. The van der Waals surface area contributed by atoms with E-state index >= 15 is 0 Å². The van der Waals surface area contributed by atoms with Gasteiger partial charge in [0.25, 0.3) is 0 Å². The molecule has 0 spiro atoms. The quantitative estimate of drug-likeness (QED) is 0.751. The maximum atomic E-state index is 5.70. The first-order valence-corrected chi connectivity index (χ1v) is 6.59. The van der Waals surface area contributed by atoms with Crippen LogP contribution < -0.4 is 4.74 Å². The summed E-state index contributed by atoms with van der Waals surface area (Å²) in [5, 5.41) is 0. The molecule has 4 heteroatoms. The van der Waals surface area contributed by atoms with Gasteiger partial charge < -0.3 is 9.30 Å². The highest BCUT2D eigenvalue weighted by Gasteiger charge is 1.99. The summed E-state index contributed by atoms with van der Waals surface area (Å²) in [6.45, 7) is 5.79. The standard InChI is InChI=1S/C16H20N2O.ClH/c1-14(2)15-6-5-7-16(12-15)19-11-4-3-9-18-10-8-17-13-18;/h3-8,10,12-14H,9,11H2,1-2H3;1H/b4-3+;. The number of aromatic nitrogens is 2. The van der Waals surface area contributed by atoms with Crippen molar-refractivity contribution in [2.45, 2.75) is 26.3 Å². The molecule has 0 aliphatic rings. The second kappa shape index (κ2) is 8.43. The number of rotatable bonds is 6. The van der Waals surface area contributed by atoms with Gasteiger partial charge in [-0.1, -0.05) is 32.1 Å². The van der Waals surface area contributed by atoms with Gasteiger partial charge in [-0.15, -0.1) is 12.4 Å². The first kappa shape index (κ1) is 16.3. The van der Waals surface area contributed by atoms with Crippen LogP contribution in [0, 0.1) is 0 Å². The normalized spacial score (nSPS) is 10.8. The highest BCUT2D eigenvalue weighted by Crippen LogP contribution is 2.19. The number of imidazole rings is 1. The highest BCUT2D eigenvalue weighted by atomic mass is 35.5. The van der Waals surface area contributed by atoms with E-state index in [2.05, 4.69) is 37.0 Å². The van der Waals surface area contributed by atoms with Crippen LogP contribution in [0.2, 0.25) is 0 Å². The van der Waals surface area contributed by atoms with Crippen LogP contribution >= 0.6 is 12.4 Å². The Kier molecular flexibility index (Phi) is 6.88. The third-order valence-electron chi connectivity index (χ3n) is 2.91. The molecule has 1 aromatic heterocycles. The van der Waals surface area contributed by atoms with Crippen molar-refractivity contribution in [1.82, 2.24) is 9.55 Å². The summed E-state index contributed by atoms with van der Waals surface area (Å²) in [6, 6.07) is 8.27. The van der Waals surface area contributed by atoms with E-state index in [0.29, 0.717) is 12.5 Å². The van der Waals surface area contributed by atoms with Gasteiger partial charge in [-0.05, 0) is 29.7 Å². The minimum atomic E-state index is 0. The molecule has 2 rings (SSSR count). The Hall–Kier alpha value is -1.74. The van der Waals surface area contributed by atoms with Gasteiger partial charge in [0.15, 0.2) is 0 Å². The molecule has 0 fully saturated rings. The van der Waals surface area contributed by atoms with Crippen LogP contribution in [-0.2, 0) is 6.54 Å². The molecule has 20 heavy (non-hydrogen) atoms. The Balaban J connectivity index is 0.00000200. The average molecular weight is 293 g/mol. The maximum absolute atomic E-state index is 5.70. The van der Waals surface area contributed by atoms with Gasteiger partial charge in [0, 0.05) is 18.9 Å². The Morgan fingerprint density at radius 2 is 2.15 bits per heavy atom. The van der Waals surface area contributed by atoms with Crippen molar-refractivity contribution in [3.63, 3.8) is 0 Å². The van der Waals surface area contributed by atoms with E-state index < -0.39 is 0 Å². The lowest BCUT2D eigenvalue weighted by Crippen LogP contribution is -1.96. The van der Waals surface area contributed by atoms with Gasteiger partial charge in [-0.25, -0.2) is 4.98 Å². The molecule has 1 heterocycles. The number of hydrogen-bond donors (Lipinski definition) is 0. The fourth-order valence-electron chi connectivity index (χ4n) is 1.77. The predicted molar refractivity (Wildman–Crippen MR) is 84.6 cm³/mol. The van der Waals surface area contributed by atoms with E-state index in [4.69, 9.17) is 4.74 Å². The second-order valence-corrected chi connectivity index (χ2v) is 4.77. The molecule has 0 unspecified atom stereocenters. The molecular weight excluding hydrogens is 272 g/mol. The first-order chi connectivity index (χ1) is 9.25. The van der Waals surface area contributed by atoms with Crippen molar-refractivity contribution in [3.8, 4) is 5.75 Å². The molecule has 108 valence electrons. The lowest BCUT2D eigenvalue weighted by atomic mass is 10.0. The van der Waals surface area contributed by atoms with Crippen molar-refractivity contribution in [1.29, 1.82) is 0 Å². The Morgan fingerprint density at radius 1 is 1.30 bits per heavy atom. The smallest absolute Gasteiger partial charge is 0.120 e. The number of hydrogen-bond acceptors (Lipinski definition) is 2. The van der Waals surface area contributed by atoms with Gasteiger partial charge in [-0.2, -0.15) is 0 Å². The predicted octanol–water partition coefficient (Wildman–Crippen LogP) is 4.06. The summed E-state index contributed by atoms with van der Waals surface area (Å²) in [7, 11) is 0. The van der Waals surface area contributed by atoms with Crippen molar-refractivity contribution in [3.05, 3.63) is 60.7 Å². The van der Waals surface area contributed by atoms with Crippen LogP contribution in [0.25, 0.3) is 0 Å². The Bertz CT molecular complexity index is 521. The molecule has 0 N–H and O–H groups in total. The van der Waals surface area contributed by atoms with Crippen LogP contribution in [0.5, 0.6) is 5.75 Å². The van der Waals surface area contributed by atoms with Gasteiger partial charge in [-0.3, -0.25) is 0 Å². The number of nitrogens with zero attached hydrogens (tertiary/aromatic N) is 2. The summed E-state index contributed by atoms with van der Waals surface area (Å²) in [5.74, 6) is 1.46. The van der Waals surface area contributed by atoms with Crippen LogP contribution in [0.15, 0.2) is 55.1 Å². The minimum absolute atomic E-state index is 0. The topological polar surface area (TPSA) is 27.1 Å². The summed E-state index contributed by atoms with van der Waals surface area (Å²) >= 11 is 0. The fourth-order valence-corrected chi connectivity index (χ4v) is 1.77. The fraction of sp³-hybridized carbons (Fsp3) is 0.312. The molecule has 0 atom stereocenters. The highest BCUT2D eigenvalue weighted by molar-refractivity contribution is 5.85. The third kappa shape index (κ3) is 5.10. The van der Waals surface area contributed by atoms with Crippen molar-refractivity contribution in [2.75, 3.05) is 6.61 Å². The molecule has 1 aromatic carbocycles. The van der Waals surface area contributed by atoms with Gasteiger partial charge in [0.05, 0.1) is 6.33 Å². The SMILES string of the molecule is CC(C)c1cccc(OC/C=C/Cn2ccnc2)c1.Cl. The van der Waals surface area contributed by atoms with E-state index in [9.17, 15) is 0 Å². The van der Waals surface area contributed by atoms with Crippen LogP contribution in [-0.4, -0.2) is 16.2 Å². The zero-order valence-corrected chi connectivity index (χ0v) is 12.7. The second-order valence-electron chi connectivity index (χ2n) is 4.77. The number of halogens is 1. The van der Waals surface area contributed by atoms with E-state index in [-0.39, 0.29) is 12.4 Å². The molecule has 3 nitrogen and oxygen atoms in total. The molecule has 0 aliphatic carbocycles. The molecule has 0 bridgehead atoms. The number of ether oxygens (including phenoxy) is 1. The van der Waals surface area contributed by atoms with E-state index in [0.717, 1.165) is 12.3 Å². The van der Waals surface area contributed by atoms with Crippen molar-refractivity contribution in [2.24, 2.45) is 0 Å². The van der Waals surface area contributed by atoms with Crippen LogP contribution in [0.1, 0.15) is 25.3 Å². The zero-order valence-electron chi connectivity index (χ0n) is 11.9. The molecule has 0 saturated carbocycles. The third-order valence-corrected chi connectivity index (χ3v) is 2.91. The minimum Gasteiger partial charge on any atom is -0.490 e. The summed E-state index contributed by atoms with van der Waals surface area (Å²) in [4.78, 5) is 3.99. The summed E-state index contributed by atoms with van der Waals surface area (Å²) in [6.07, 6.45) is 9.63. The number of benzene rings is 1. The Labute approximate surface area is 126 Å². The Morgan fingerprint density at radius 3 is 2.85 bits per heavy atom. The lowest BCUT2D eigenvalue weighted by molar-refractivity contribution is 0.362. The van der Waals surface area contributed by atoms with E-state index in [1.165, 1.54) is 5.56 Å². The monoisotopic (exact) mass is 292 g/mol. The maximum Gasteiger partial charge on any atom is 0.120 e. The average Bonchev–Trinajstić information content (AvgIpc) is 2.92. The van der Waals surface area contributed by atoms with Crippen LogP contribution in [0.3, 0.4) is 0 Å². The van der Waals surface area contributed by atoms with Gasteiger partial charge >= 0.3 is 0 Å². The molecule has 0 amide bonds.